The number of aromatic carboxylic acids is 1. The maximum absolute atomic E-state index is 11.1. The van der Waals surface area contributed by atoms with Gasteiger partial charge in [0.15, 0.2) is 0 Å². The van der Waals surface area contributed by atoms with E-state index in [-0.39, 0.29) is 4.88 Å². The molecule has 2 amide bonds. The lowest BCUT2D eigenvalue weighted by Crippen LogP contribution is -2.28. The van der Waals surface area contributed by atoms with Gasteiger partial charge in [0.25, 0.3) is 0 Å². The van der Waals surface area contributed by atoms with Crippen molar-refractivity contribution in [3.63, 3.8) is 0 Å². The highest BCUT2D eigenvalue weighted by Crippen LogP contribution is 2.21. The highest BCUT2D eigenvalue weighted by molar-refractivity contribution is 7.12. The molecule has 0 aliphatic heterocycles. The van der Waals surface area contributed by atoms with Crippen molar-refractivity contribution in [2.24, 2.45) is 0 Å². The van der Waals surface area contributed by atoms with Gasteiger partial charge in [-0.25, -0.2) is 9.59 Å². The van der Waals surface area contributed by atoms with Crippen LogP contribution in [0.5, 0.6) is 0 Å². The van der Waals surface area contributed by atoms with Gasteiger partial charge in [0.2, 0.25) is 0 Å². The van der Waals surface area contributed by atoms with Gasteiger partial charge in [0.1, 0.15) is 4.88 Å². The van der Waals surface area contributed by atoms with Crippen LogP contribution in [-0.2, 0) is 0 Å². The summed E-state index contributed by atoms with van der Waals surface area (Å²) in [7, 11) is 0. The molecular formula is C8H10N2O3S. The Morgan fingerprint density at radius 1 is 1.57 bits per heavy atom. The second kappa shape index (κ2) is 4.61. The average Bonchev–Trinajstić information content (AvgIpc) is 2.52. The highest BCUT2D eigenvalue weighted by Gasteiger charge is 2.12. The summed E-state index contributed by atoms with van der Waals surface area (Å²) in [6, 6.07) is 1.16. The second-order valence-corrected chi connectivity index (χ2v) is 3.37. The van der Waals surface area contributed by atoms with Crippen molar-refractivity contribution in [2.75, 3.05) is 11.9 Å². The second-order valence-electron chi connectivity index (χ2n) is 2.45. The molecule has 0 atom stereocenters. The van der Waals surface area contributed by atoms with Crippen LogP contribution in [0.1, 0.15) is 16.6 Å². The molecule has 76 valence electrons. The molecule has 0 bridgehead atoms. The van der Waals surface area contributed by atoms with Crippen LogP contribution in [0.2, 0.25) is 0 Å². The van der Waals surface area contributed by atoms with Crippen LogP contribution in [0.3, 0.4) is 0 Å². The van der Waals surface area contributed by atoms with E-state index in [1.54, 1.807) is 18.4 Å². The van der Waals surface area contributed by atoms with Gasteiger partial charge >= 0.3 is 12.0 Å². The number of urea groups is 1. The number of nitrogens with one attached hydrogen (secondary N) is 2. The Morgan fingerprint density at radius 3 is 2.86 bits per heavy atom. The fraction of sp³-hybridized carbons (Fsp3) is 0.250. The summed E-state index contributed by atoms with van der Waals surface area (Å²) in [5, 5.41) is 15.3. The Morgan fingerprint density at radius 2 is 2.29 bits per heavy atom. The minimum atomic E-state index is -1.04. The van der Waals surface area contributed by atoms with Crippen molar-refractivity contribution < 1.29 is 14.7 Å². The van der Waals surface area contributed by atoms with Gasteiger partial charge < -0.3 is 15.7 Å². The fourth-order valence-electron chi connectivity index (χ4n) is 0.900. The predicted octanol–water partition coefficient (Wildman–Crippen LogP) is 1.59. The zero-order valence-corrected chi connectivity index (χ0v) is 8.35. The van der Waals surface area contributed by atoms with Crippen LogP contribution in [0.15, 0.2) is 11.4 Å². The summed E-state index contributed by atoms with van der Waals surface area (Å²) in [6.07, 6.45) is 0. The standard InChI is InChI=1S/C8H10N2O3S/c1-2-9-8(13)10-5-3-4-14-6(5)7(11)12/h3-4H,2H2,1H3,(H,11,12)(H2,9,10,13). The lowest BCUT2D eigenvalue weighted by Gasteiger charge is -2.04. The summed E-state index contributed by atoms with van der Waals surface area (Å²) in [5.74, 6) is -1.04. The highest BCUT2D eigenvalue weighted by atomic mass is 32.1. The Bertz CT molecular complexity index is 348. The maximum atomic E-state index is 11.1. The molecule has 14 heavy (non-hydrogen) atoms. The molecule has 0 spiro atoms. The zero-order chi connectivity index (χ0) is 10.6. The minimum absolute atomic E-state index is 0.135. The molecule has 1 rings (SSSR count). The van der Waals surface area contributed by atoms with E-state index in [0.717, 1.165) is 11.3 Å². The monoisotopic (exact) mass is 214 g/mol. The topological polar surface area (TPSA) is 78.4 Å². The normalized spacial score (nSPS) is 9.50. The first-order valence-electron chi connectivity index (χ1n) is 4.00. The van der Waals surface area contributed by atoms with Crippen molar-refractivity contribution >= 4 is 29.0 Å². The summed E-state index contributed by atoms with van der Waals surface area (Å²) in [6.45, 7) is 2.28. The maximum Gasteiger partial charge on any atom is 0.348 e. The van der Waals surface area contributed by atoms with Crippen LogP contribution in [-0.4, -0.2) is 23.7 Å². The van der Waals surface area contributed by atoms with Crippen LogP contribution in [0, 0.1) is 0 Å². The summed E-state index contributed by atoms with van der Waals surface area (Å²) in [4.78, 5) is 21.9. The van der Waals surface area contributed by atoms with E-state index in [1.807, 2.05) is 0 Å². The van der Waals surface area contributed by atoms with Crippen LogP contribution in [0.4, 0.5) is 10.5 Å². The van der Waals surface area contributed by atoms with Gasteiger partial charge in [-0.1, -0.05) is 0 Å². The summed E-state index contributed by atoms with van der Waals surface area (Å²) in [5.41, 5.74) is 0.327. The molecule has 1 aromatic rings. The molecule has 0 aliphatic carbocycles. The lowest BCUT2D eigenvalue weighted by molar-refractivity contribution is 0.0703. The third-order valence-electron chi connectivity index (χ3n) is 1.45. The third-order valence-corrected chi connectivity index (χ3v) is 2.35. The molecule has 0 saturated carbocycles. The third kappa shape index (κ3) is 2.46. The Balaban J connectivity index is 2.71. The molecule has 0 unspecified atom stereocenters. The Kier molecular flexibility index (Phi) is 3.47. The number of carboxylic acids is 1. The van der Waals surface area contributed by atoms with Crippen molar-refractivity contribution in [2.45, 2.75) is 6.92 Å². The molecule has 6 heteroatoms. The zero-order valence-electron chi connectivity index (χ0n) is 7.53. The lowest BCUT2D eigenvalue weighted by atomic mass is 10.4. The summed E-state index contributed by atoms with van der Waals surface area (Å²) < 4.78 is 0. The van der Waals surface area contributed by atoms with E-state index >= 15 is 0 Å². The first-order chi connectivity index (χ1) is 6.65. The van der Waals surface area contributed by atoms with E-state index in [9.17, 15) is 9.59 Å². The number of rotatable bonds is 3. The smallest absolute Gasteiger partial charge is 0.348 e. The van der Waals surface area contributed by atoms with E-state index in [0.29, 0.717) is 12.2 Å². The molecular weight excluding hydrogens is 204 g/mol. The van der Waals surface area contributed by atoms with Crippen molar-refractivity contribution in [1.82, 2.24) is 5.32 Å². The number of amides is 2. The SMILES string of the molecule is CCNC(=O)Nc1ccsc1C(=O)O. The fourth-order valence-corrected chi connectivity index (χ4v) is 1.59. The van der Waals surface area contributed by atoms with Gasteiger partial charge in [-0.2, -0.15) is 0 Å². The number of carbonyl (C=O) groups is 2. The molecule has 0 saturated heterocycles. The Hall–Kier alpha value is -1.56. The van der Waals surface area contributed by atoms with Crippen LogP contribution >= 0.6 is 11.3 Å². The molecule has 1 aromatic heterocycles. The first kappa shape index (κ1) is 10.5. The molecule has 5 nitrogen and oxygen atoms in total. The average molecular weight is 214 g/mol. The van der Waals surface area contributed by atoms with Crippen molar-refractivity contribution in [1.29, 1.82) is 0 Å². The minimum Gasteiger partial charge on any atom is -0.477 e. The van der Waals surface area contributed by atoms with Gasteiger partial charge in [0.05, 0.1) is 5.69 Å². The number of carboxylic acid groups (broad SMARTS) is 1. The van der Waals surface area contributed by atoms with Gasteiger partial charge in [0, 0.05) is 6.54 Å². The number of anilines is 1. The van der Waals surface area contributed by atoms with Crippen molar-refractivity contribution in [3.8, 4) is 0 Å². The van der Waals surface area contributed by atoms with Gasteiger partial charge in [-0.3, -0.25) is 0 Å². The molecule has 3 N–H and O–H groups in total. The number of carbonyl (C=O) groups excluding carboxylic acids is 1. The predicted molar refractivity (Wildman–Crippen MR) is 54.0 cm³/mol. The Labute approximate surface area is 84.7 Å². The van der Waals surface area contributed by atoms with E-state index in [1.165, 1.54) is 0 Å². The van der Waals surface area contributed by atoms with Gasteiger partial charge in [-0.05, 0) is 18.4 Å². The van der Waals surface area contributed by atoms with Crippen LogP contribution < -0.4 is 10.6 Å². The largest absolute Gasteiger partial charge is 0.477 e. The molecule has 0 aliphatic rings. The molecule has 0 fully saturated rings. The molecule has 1 heterocycles. The van der Waals surface area contributed by atoms with Crippen LogP contribution in [0.25, 0.3) is 0 Å². The van der Waals surface area contributed by atoms with E-state index in [4.69, 9.17) is 5.11 Å². The number of hydrogen-bond acceptors (Lipinski definition) is 3. The van der Waals surface area contributed by atoms with Crippen molar-refractivity contribution in [3.05, 3.63) is 16.3 Å². The first-order valence-corrected chi connectivity index (χ1v) is 4.88. The molecule has 0 aromatic carbocycles. The summed E-state index contributed by atoms with van der Waals surface area (Å²) >= 11 is 1.08. The van der Waals surface area contributed by atoms with Gasteiger partial charge in [-0.15, -0.1) is 11.3 Å². The quantitative estimate of drug-likeness (QED) is 0.714. The van der Waals surface area contributed by atoms with E-state index in [2.05, 4.69) is 10.6 Å². The number of thiophene rings is 1. The van der Waals surface area contributed by atoms with E-state index < -0.39 is 12.0 Å². The number of hydrogen-bond donors (Lipinski definition) is 3. The molecule has 0 radical (unpaired) electrons.